The van der Waals surface area contributed by atoms with Crippen molar-refractivity contribution in [3.05, 3.63) is 47.2 Å². The zero-order chi connectivity index (χ0) is 13.9. The number of hydrogen-bond donors (Lipinski definition) is 1. The molecule has 0 spiro atoms. The molecule has 0 saturated carbocycles. The number of fused-ring (bicyclic) bond motifs is 1. The standard InChI is InChI=1S/C16H16ClN3/c1-2-3-4-13-14(11-5-7-12(17)8-6-11)20-16-15(13)18-9-10-19-16/h5-10H,2-4H2,1H3,(H,19,20). The van der Waals surface area contributed by atoms with Gasteiger partial charge in [-0.15, -0.1) is 0 Å². The van der Waals surface area contributed by atoms with Crippen molar-refractivity contribution in [3.8, 4) is 11.3 Å². The Kier molecular flexibility index (Phi) is 3.70. The Morgan fingerprint density at radius 3 is 2.60 bits per heavy atom. The summed E-state index contributed by atoms with van der Waals surface area (Å²) in [6, 6.07) is 7.88. The van der Waals surface area contributed by atoms with E-state index in [2.05, 4.69) is 21.9 Å². The van der Waals surface area contributed by atoms with Crippen molar-refractivity contribution in [1.82, 2.24) is 15.0 Å². The topological polar surface area (TPSA) is 41.6 Å². The SMILES string of the molecule is CCCCc1c(-c2ccc(Cl)cc2)[nH]c2nccnc12. The predicted octanol–water partition coefficient (Wildman–Crippen LogP) is 4.62. The number of aromatic nitrogens is 3. The Morgan fingerprint density at radius 1 is 1.10 bits per heavy atom. The van der Waals surface area contributed by atoms with Gasteiger partial charge in [-0.05, 0) is 30.5 Å². The molecule has 3 rings (SSSR count). The summed E-state index contributed by atoms with van der Waals surface area (Å²) in [6.07, 6.45) is 6.77. The molecule has 0 fully saturated rings. The van der Waals surface area contributed by atoms with Gasteiger partial charge >= 0.3 is 0 Å². The largest absolute Gasteiger partial charge is 0.338 e. The maximum Gasteiger partial charge on any atom is 0.156 e. The van der Waals surface area contributed by atoms with Crippen LogP contribution in [0.1, 0.15) is 25.3 Å². The van der Waals surface area contributed by atoms with Gasteiger partial charge in [0.15, 0.2) is 5.65 Å². The van der Waals surface area contributed by atoms with Crippen molar-refractivity contribution in [1.29, 1.82) is 0 Å². The van der Waals surface area contributed by atoms with E-state index < -0.39 is 0 Å². The fourth-order valence-corrected chi connectivity index (χ4v) is 2.55. The van der Waals surface area contributed by atoms with Gasteiger partial charge in [0, 0.05) is 23.0 Å². The Morgan fingerprint density at radius 2 is 1.85 bits per heavy atom. The van der Waals surface area contributed by atoms with Gasteiger partial charge in [-0.3, -0.25) is 4.98 Å². The zero-order valence-corrected chi connectivity index (χ0v) is 12.1. The first kappa shape index (κ1) is 13.1. The second-order valence-corrected chi connectivity index (χ2v) is 5.28. The summed E-state index contributed by atoms with van der Waals surface area (Å²) < 4.78 is 0. The van der Waals surface area contributed by atoms with E-state index >= 15 is 0 Å². The van der Waals surface area contributed by atoms with Gasteiger partial charge < -0.3 is 4.98 Å². The van der Waals surface area contributed by atoms with Crippen molar-refractivity contribution in [2.24, 2.45) is 0 Å². The molecule has 0 bridgehead atoms. The molecule has 102 valence electrons. The summed E-state index contributed by atoms with van der Waals surface area (Å²) in [5, 5.41) is 0.746. The van der Waals surface area contributed by atoms with Crippen LogP contribution in [0, 0.1) is 0 Å². The van der Waals surface area contributed by atoms with Crippen molar-refractivity contribution < 1.29 is 0 Å². The molecule has 0 unspecified atom stereocenters. The number of rotatable bonds is 4. The van der Waals surface area contributed by atoms with Crippen LogP contribution in [0.15, 0.2) is 36.7 Å². The third-order valence-corrected chi connectivity index (χ3v) is 3.69. The lowest BCUT2D eigenvalue weighted by Gasteiger charge is -2.04. The average molecular weight is 286 g/mol. The number of unbranched alkanes of at least 4 members (excludes halogenated alkanes) is 1. The van der Waals surface area contributed by atoms with E-state index in [4.69, 9.17) is 11.6 Å². The summed E-state index contributed by atoms with van der Waals surface area (Å²) >= 11 is 5.97. The third kappa shape index (κ3) is 2.41. The van der Waals surface area contributed by atoms with Gasteiger partial charge in [0.05, 0.1) is 5.69 Å². The van der Waals surface area contributed by atoms with Crippen LogP contribution in [-0.2, 0) is 6.42 Å². The third-order valence-electron chi connectivity index (χ3n) is 3.44. The molecule has 2 aromatic heterocycles. The molecule has 1 N–H and O–H groups in total. The van der Waals surface area contributed by atoms with Gasteiger partial charge in [-0.2, -0.15) is 0 Å². The van der Waals surface area contributed by atoms with Crippen LogP contribution in [0.25, 0.3) is 22.4 Å². The predicted molar refractivity (Wildman–Crippen MR) is 82.9 cm³/mol. The molecule has 20 heavy (non-hydrogen) atoms. The number of hydrogen-bond acceptors (Lipinski definition) is 2. The highest BCUT2D eigenvalue weighted by Gasteiger charge is 2.14. The van der Waals surface area contributed by atoms with E-state index in [1.807, 2.05) is 24.3 Å². The first-order chi connectivity index (χ1) is 9.79. The van der Waals surface area contributed by atoms with E-state index in [-0.39, 0.29) is 0 Å². The average Bonchev–Trinajstić information content (AvgIpc) is 2.84. The van der Waals surface area contributed by atoms with E-state index in [0.717, 1.165) is 46.7 Å². The van der Waals surface area contributed by atoms with Crippen LogP contribution in [0.3, 0.4) is 0 Å². The highest BCUT2D eigenvalue weighted by molar-refractivity contribution is 6.30. The van der Waals surface area contributed by atoms with Crippen LogP contribution in [0.4, 0.5) is 0 Å². The number of aromatic amines is 1. The number of nitrogens with one attached hydrogen (secondary N) is 1. The Balaban J connectivity index is 2.15. The van der Waals surface area contributed by atoms with Crippen LogP contribution >= 0.6 is 11.6 Å². The first-order valence-corrected chi connectivity index (χ1v) is 7.25. The highest BCUT2D eigenvalue weighted by Crippen LogP contribution is 2.30. The summed E-state index contributed by atoms with van der Waals surface area (Å²) in [5.41, 5.74) is 5.31. The van der Waals surface area contributed by atoms with Gasteiger partial charge in [0.1, 0.15) is 5.52 Å². The maximum atomic E-state index is 5.97. The molecule has 0 aliphatic heterocycles. The van der Waals surface area contributed by atoms with Crippen molar-refractivity contribution in [2.45, 2.75) is 26.2 Å². The minimum atomic E-state index is 0.746. The van der Waals surface area contributed by atoms with Crippen LogP contribution in [0.2, 0.25) is 5.02 Å². The van der Waals surface area contributed by atoms with Crippen molar-refractivity contribution in [2.75, 3.05) is 0 Å². The molecule has 3 aromatic rings. The van der Waals surface area contributed by atoms with Gasteiger partial charge in [0.2, 0.25) is 0 Å². The van der Waals surface area contributed by atoms with Crippen LogP contribution < -0.4 is 0 Å². The number of aryl methyl sites for hydroxylation is 1. The second-order valence-electron chi connectivity index (χ2n) is 4.84. The van der Waals surface area contributed by atoms with E-state index in [1.54, 1.807) is 12.4 Å². The molecular weight excluding hydrogens is 270 g/mol. The Labute approximate surface area is 123 Å². The lowest BCUT2D eigenvalue weighted by Crippen LogP contribution is -1.89. The number of halogens is 1. The van der Waals surface area contributed by atoms with E-state index in [1.165, 1.54) is 5.56 Å². The van der Waals surface area contributed by atoms with Gasteiger partial charge in [-0.1, -0.05) is 37.1 Å². The lowest BCUT2D eigenvalue weighted by molar-refractivity contribution is 0.799. The van der Waals surface area contributed by atoms with E-state index in [9.17, 15) is 0 Å². The van der Waals surface area contributed by atoms with Gasteiger partial charge in [0.25, 0.3) is 0 Å². The summed E-state index contributed by atoms with van der Waals surface area (Å²) in [6.45, 7) is 2.20. The van der Waals surface area contributed by atoms with Crippen LogP contribution in [-0.4, -0.2) is 15.0 Å². The number of H-pyrrole nitrogens is 1. The Bertz CT molecular complexity index is 716. The molecular formula is C16H16ClN3. The number of nitrogens with zero attached hydrogens (tertiary/aromatic N) is 2. The van der Waals surface area contributed by atoms with Crippen LogP contribution in [0.5, 0.6) is 0 Å². The van der Waals surface area contributed by atoms with E-state index in [0.29, 0.717) is 0 Å². The molecule has 0 saturated heterocycles. The zero-order valence-electron chi connectivity index (χ0n) is 11.4. The molecule has 0 radical (unpaired) electrons. The molecule has 3 nitrogen and oxygen atoms in total. The monoisotopic (exact) mass is 285 g/mol. The fraction of sp³-hybridized carbons (Fsp3) is 0.250. The second kappa shape index (κ2) is 5.63. The molecule has 0 aliphatic rings. The summed E-state index contributed by atoms with van der Waals surface area (Å²) in [5.74, 6) is 0. The maximum absolute atomic E-state index is 5.97. The summed E-state index contributed by atoms with van der Waals surface area (Å²) in [4.78, 5) is 12.2. The molecule has 0 atom stereocenters. The Hall–Kier alpha value is -1.87. The normalized spacial score (nSPS) is 11.1. The smallest absolute Gasteiger partial charge is 0.156 e. The first-order valence-electron chi connectivity index (χ1n) is 6.87. The number of benzene rings is 1. The van der Waals surface area contributed by atoms with Crippen molar-refractivity contribution >= 4 is 22.8 Å². The van der Waals surface area contributed by atoms with Crippen molar-refractivity contribution in [3.63, 3.8) is 0 Å². The quantitative estimate of drug-likeness (QED) is 0.760. The highest BCUT2D eigenvalue weighted by atomic mass is 35.5. The minimum Gasteiger partial charge on any atom is -0.338 e. The molecule has 0 aliphatic carbocycles. The van der Waals surface area contributed by atoms with Gasteiger partial charge in [-0.25, -0.2) is 4.98 Å². The molecule has 1 aromatic carbocycles. The molecule has 4 heteroatoms. The molecule has 0 amide bonds. The minimum absolute atomic E-state index is 0.746. The summed E-state index contributed by atoms with van der Waals surface area (Å²) in [7, 11) is 0. The fourth-order valence-electron chi connectivity index (χ4n) is 2.42. The lowest BCUT2D eigenvalue weighted by atomic mass is 10.0. The molecule has 2 heterocycles.